The maximum atomic E-state index is 6.37. The van der Waals surface area contributed by atoms with Gasteiger partial charge < -0.3 is 10.2 Å². The molecule has 1 N–H and O–H groups in total. The number of benzene rings is 2. The molecule has 4 heteroatoms. The SMILES string of the molecule is CN1CCNC(c2ccccc2Cl)c2cc(Cl)ccc21. The molecule has 0 saturated carbocycles. The molecule has 0 bridgehead atoms. The molecular formula is C16H16Cl2N2. The number of likely N-dealkylation sites (N-methyl/N-ethyl adjacent to an activating group) is 1. The van der Waals surface area contributed by atoms with E-state index < -0.39 is 0 Å². The molecule has 1 heterocycles. The van der Waals surface area contributed by atoms with Crippen molar-refractivity contribution in [1.82, 2.24) is 5.32 Å². The summed E-state index contributed by atoms with van der Waals surface area (Å²) in [5.41, 5.74) is 3.46. The highest BCUT2D eigenvalue weighted by atomic mass is 35.5. The Morgan fingerprint density at radius 2 is 1.90 bits per heavy atom. The number of hydrogen-bond acceptors (Lipinski definition) is 2. The number of halogens is 2. The first kappa shape index (κ1) is 13.7. The van der Waals surface area contributed by atoms with Gasteiger partial charge in [0.15, 0.2) is 0 Å². The summed E-state index contributed by atoms with van der Waals surface area (Å²) in [6.07, 6.45) is 0. The van der Waals surface area contributed by atoms with Crippen molar-refractivity contribution in [3.05, 3.63) is 63.6 Å². The average Bonchev–Trinajstić information content (AvgIpc) is 2.59. The molecule has 3 rings (SSSR count). The molecule has 0 aromatic heterocycles. The van der Waals surface area contributed by atoms with E-state index in [0.717, 1.165) is 28.7 Å². The van der Waals surface area contributed by atoms with Crippen LogP contribution < -0.4 is 10.2 Å². The van der Waals surface area contributed by atoms with Crippen LogP contribution in [0.3, 0.4) is 0 Å². The molecule has 2 aromatic rings. The first-order valence-corrected chi connectivity index (χ1v) is 7.41. The van der Waals surface area contributed by atoms with Crippen LogP contribution >= 0.6 is 23.2 Å². The van der Waals surface area contributed by atoms with Crippen molar-refractivity contribution in [3.8, 4) is 0 Å². The van der Waals surface area contributed by atoms with Gasteiger partial charge >= 0.3 is 0 Å². The van der Waals surface area contributed by atoms with E-state index in [1.54, 1.807) is 0 Å². The van der Waals surface area contributed by atoms with Crippen molar-refractivity contribution in [2.75, 3.05) is 25.0 Å². The summed E-state index contributed by atoms with van der Waals surface area (Å²) in [5.74, 6) is 0. The summed E-state index contributed by atoms with van der Waals surface area (Å²) < 4.78 is 0. The van der Waals surface area contributed by atoms with Crippen LogP contribution in [0, 0.1) is 0 Å². The van der Waals surface area contributed by atoms with Gasteiger partial charge in [-0.25, -0.2) is 0 Å². The summed E-state index contributed by atoms with van der Waals surface area (Å²) in [7, 11) is 2.10. The predicted molar refractivity (Wildman–Crippen MR) is 86.0 cm³/mol. The molecule has 2 nitrogen and oxygen atoms in total. The minimum Gasteiger partial charge on any atom is -0.373 e. The first-order chi connectivity index (χ1) is 9.66. The van der Waals surface area contributed by atoms with Crippen molar-refractivity contribution in [1.29, 1.82) is 0 Å². The Hall–Kier alpha value is -1.22. The van der Waals surface area contributed by atoms with Crippen LogP contribution in [-0.2, 0) is 0 Å². The zero-order valence-corrected chi connectivity index (χ0v) is 12.7. The largest absolute Gasteiger partial charge is 0.373 e. The number of nitrogens with one attached hydrogen (secondary N) is 1. The van der Waals surface area contributed by atoms with Crippen molar-refractivity contribution in [2.24, 2.45) is 0 Å². The van der Waals surface area contributed by atoms with Gasteiger partial charge in [0.2, 0.25) is 0 Å². The van der Waals surface area contributed by atoms with E-state index in [0.29, 0.717) is 0 Å². The van der Waals surface area contributed by atoms with Crippen molar-refractivity contribution in [3.63, 3.8) is 0 Å². The Labute approximate surface area is 129 Å². The maximum absolute atomic E-state index is 6.37. The number of nitrogens with zero attached hydrogens (tertiary/aromatic N) is 1. The van der Waals surface area contributed by atoms with Gasteiger partial charge in [0.05, 0.1) is 6.04 Å². The van der Waals surface area contributed by atoms with Crippen LogP contribution in [-0.4, -0.2) is 20.1 Å². The molecule has 0 aliphatic carbocycles. The predicted octanol–water partition coefficient (Wildman–Crippen LogP) is 4.12. The van der Waals surface area contributed by atoms with E-state index in [-0.39, 0.29) is 6.04 Å². The lowest BCUT2D eigenvalue weighted by Gasteiger charge is -2.22. The molecule has 104 valence electrons. The first-order valence-electron chi connectivity index (χ1n) is 6.65. The highest BCUT2D eigenvalue weighted by molar-refractivity contribution is 6.31. The summed E-state index contributed by atoms with van der Waals surface area (Å²) in [5, 5.41) is 5.09. The van der Waals surface area contributed by atoms with Gasteiger partial charge in [-0.1, -0.05) is 41.4 Å². The summed E-state index contributed by atoms with van der Waals surface area (Å²) in [6.45, 7) is 1.86. The highest BCUT2D eigenvalue weighted by Crippen LogP contribution is 2.36. The van der Waals surface area contributed by atoms with Gasteiger partial charge in [0.1, 0.15) is 0 Å². The normalized spacial score (nSPS) is 18.6. The van der Waals surface area contributed by atoms with E-state index in [1.807, 2.05) is 30.3 Å². The monoisotopic (exact) mass is 306 g/mol. The van der Waals surface area contributed by atoms with Crippen molar-refractivity contribution < 1.29 is 0 Å². The minimum absolute atomic E-state index is 0.0716. The molecular weight excluding hydrogens is 291 g/mol. The van der Waals surface area contributed by atoms with Crippen LogP contribution in [0.2, 0.25) is 10.0 Å². The fourth-order valence-corrected chi connectivity index (χ4v) is 3.12. The lowest BCUT2D eigenvalue weighted by atomic mass is 9.97. The number of rotatable bonds is 1. The quantitative estimate of drug-likeness (QED) is 0.852. The second-order valence-electron chi connectivity index (χ2n) is 5.03. The van der Waals surface area contributed by atoms with Crippen LogP contribution in [0.25, 0.3) is 0 Å². The molecule has 1 aliphatic heterocycles. The standard InChI is InChI=1S/C16H16Cl2N2/c1-20-9-8-19-16(12-4-2-3-5-14(12)18)13-10-11(17)6-7-15(13)20/h2-7,10,16,19H,8-9H2,1H3. The molecule has 0 radical (unpaired) electrons. The second-order valence-corrected chi connectivity index (χ2v) is 5.88. The van der Waals surface area contributed by atoms with E-state index in [9.17, 15) is 0 Å². The van der Waals surface area contributed by atoms with Gasteiger partial charge in [-0.15, -0.1) is 0 Å². The lowest BCUT2D eigenvalue weighted by Crippen LogP contribution is -2.27. The van der Waals surface area contributed by atoms with E-state index in [1.165, 1.54) is 11.3 Å². The molecule has 0 amide bonds. The average molecular weight is 307 g/mol. The molecule has 2 aromatic carbocycles. The van der Waals surface area contributed by atoms with Crippen LogP contribution in [0.4, 0.5) is 5.69 Å². The molecule has 20 heavy (non-hydrogen) atoms. The minimum atomic E-state index is 0.0716. The third-order valence-corrected chi connectivity index (χ3v) is 4.30. The molecule has 1 atom stereocenters. The highest BCUT2D eigenvalue weighted by Gasteiger charge is 2.23. The Morgan fingerprint density at radius 1 is 1.10 bits per heavy atom. The van der Waals surface area contributed by atoms with E-state index in [2.05, 4.69) is 29.4 Å². The molecule has 0 spiro atoms. The summed E-state index contributed by atoms with van der Waals surface area (Å²) >= 11 is 12.6. The second kappa shape index (κ2) is 5.65. The van der Waals surface area contributed by atoms with Crippen LogP contribution in [0.1, 0.15) is 17.2 Å². The van der Waals surface area contributed by atoms with E-state index >= 15 is 0 Å². The number of anilines is 1. The fourth-order valence-electron chi connectivity index (χ4n) is 2.70. The third-order valence-electron chi connectivity index (χ3n) is 3.72. The molecule has 1 aliphatic rings. The Morgan fingerprint density at radius 3 is 2.70 bits per heavy atom. The molecule has 0 fully saturated rings. The zero-order chi connectivity index (χ0) is 14.1. The van der Waals surface area contributed by atoms with Gasteiger partial charge in [-0.05, 0) is 35.4 Å². The van der Waals surface area contributed by atoms with Gasteiger partial charge in [0, 0.05) is 35.9 Å². The zero-order valence-electron chi connectivity index (χ0n) is 11.2. The topological polar surface area (TPSA) is 15.3 Å². The Kier molecular flexibility index (Phi) is 3.88. The Balaban J connectivity index is 2.15. The summed E-state index contributed by atoms with van der Waals surface area (Å²) in [4.78, 5) is 2.25. The van der Waals surface area contributed by atoms with Gasteiger partial charge in [-0.2, -0.15) is 0 Å². The lowest BCUT2D eigenvalue weighted by molar-refractivity contribution is 0.626. The third kappa shape index (κ3) is 2.51. The number of hydrogen-bond donors (Lipinski definition) is 1. The van der Waals surface area contributed by atoms with Gasteiger partial charge in [0.25, 0.3) is 0 Å². The molecule has 1 unspecified atom stereocenters. The van der Waals surface area contributed by atoms with Crippen molar-refractivity contribution >= 4 is 28.9 Å². The fraction of sp³-hybridized carbons (Fsp3) is 0.250. The van der Waals surface area contributed by atoms with Crippen LogP contribution in [0.15, 0.2) is 42.5 Å². The maximum Gasteiger partial charge on any atom is 0.0613 e. The Bertz CT molecular complexity index is 628. The summed E-state index contributed by atoms with van der Waals surface area (Å²) in [6, 6.07) is 14.1. The van der Waals surface area contributed by atoms with Gasteiger partial charge in [-0.3, -0.25) is 0 Å². The number of fused-ring (bicyclic) bond motifs is 1. The van der Waals surface area contributed by atoms with E-state index in [4.69, 9.17) is 23.2 Å². The molecule has 0 saturated heterocycles. The van der Waals surface area contributed by atoms with Crippen molar-refractivity contribution in [2.45, 2.75) is 6.04 Å². The van der Waals surface area contributed by atoms with Crippen LogP contribution in [0.5, 0.6) is 0 Å². The smallest absolute Gasteiger partial charge is 0.0613 e.